The Morgan fingerprint density at radius 2 is 2.12 bits per heavy atom. The normalized spacial score (nSPS) is 7.62. The molecule has 0 saturated carbocycles. The third-order valence-corrected chi connectivity index (χ3v) is 0.789. The Bertz CT molecular complexity index is 89.3. The van der Waals surface area contributed by atoms with Gasteiger partial charge in [-0.2, -0.15) is 0 Å². The topological polar surface area (TPSA) is 20.2 Å². The van der Waals surface area contributed by atoms with Crippen LogP contribution in [0, 0.1) is 0 Å². The maximum absolute atomic E-state index is 8.13. The molecule has 0 bridgehead atoms. The summed E-state index contributed by atoms with van der Waals surface area (Å²) in [5, 5.41) is 8.13. The summed E-state index contributed by atoms with van der Waals surface area (Å²) in [6.45, 7) is 7.58. The zero-order chi connectivity index (χ0) is 6.24. The van der Waals surface area contributed by atoms with E-state index in [4.69, 9.17) is 5.02 Å². The van der Waals surface area contributed by atoms with Crippen molar-refractivity contribution < 1.29 is 5.02 Å². The fourth-order valence-corrected chi connectivity index (χ4v) is 0.391. The van der Waals surface area contributed by atoms with Gasteiger partial charge in [0.15, 0.2) is 0 Å². The Hall–Kier alpha value is 0.0597. The molecular weight excluding hydrogens is 95.3 g/mol. The monoisotopic (exact) mass is 104 g/mol. The van der Waals surface area contributed by atoms with Gasteiger partial charge in [-0.15, -0.1) is 0 Å². The van der Waals surface area contributed by atoms with E-state index >= 15 is 0 Å². The standard InChI is InChI=1S/C3H8B4O/c1-2-3-4-5-6-7-8/h8H,2-3H2,1H3. The Balaban J connectivity index is 3.07. The predicted octanol–water partition coefficient (Wildman–Crippen LogP) is -0.716. The van der Waals surface area contributed by atoms with Gasteiger partial charge in [-0.25, -0.2) is 0 Å². The molecule has 8 heavy (non-hydrogen) atoms. The summed E-state index contributed by atoms with van der Waals surface area (Å²) >= 11 is 0. The van der Waals surface area contributed by atoms with Crippen LogP contribution < -0.4 is 0 Å². The molecule has 0 aliphatic rings. The summed E-state index contributed by atoms with van der Waals surface area (Å²) in [5.74, 6) is 0. The van der Waals surface area contributed by atoms with Gasteiger partial charge in [-0.3, -0.25) is 0 Å². The first-order valence-electron chi connectivity index (χ1n) is 2.87. The summed E-state index contributed by atoms with van der Waals surface area (Å²) in [7, 11) is 1.03. The molecule has 0 spiro atoms. The van der Waals surface area contributed by atoms with Crippen LogP contribution in [0.15, 0.2) is 0 Å². The van der Waals surface area contributed by atoms with Gasteiger partial charge in [-0.1, -0.05) is 0 Å². The van der Waals surface area contributed by atoms with Crippen LogP contribution >= 0.6 is 0 Å². The second-order valence-corrected chi connectivity index (χ2v) is 1.56. The Kier molecular flexibility index (Phi) is 7.11. The average Bonchev–Trinajstić information content (AvgIpc) is 1.81. The molecule has 0 amide bonds. The molecule has 0 atom stereocenters. The summed E-state index contributed by atoms with van der Waals surface area (Å²) in [4.78, 5) is 0. The quantitative estimate of drug-likeness (QED) is 0.468. The van der Waals surface area contributed by atoms with Gasteiger partial charge in [0, 0.05) is 0 Å². The molecule has 0 fully saturated rings. The van der Waals surface area contributed by atoms with Gasteiger partial charge in [0.2, 0.25) is 0 Å². The number of rotatable bonds is 3. The van der Waals surface area contributed by atoms with Gasteiger partial charge in [0.05, 0.1) is 0 Å². The molecule has 38 valence electrons. The second kappa shape index (κ2) is 7.06. The molecule has 0 aromatic rings. The summed E-state index contributed by atoms with van der Waals surface area (Å²) in [6.07, 6.45) is 2.25. The van der Waals surface area contributed by atoms with Crippen molar-refractivity contribution in [2.24, 2.45) is 0 Å². The molecule has 0 rings (SSSR count). The molecule has 0 radical (unpaired) electrons. The van der Waals surface area contributed by atoms with Crippen molar-refractivity contribution in [1.29, 1.82) is 0 Å². The van der Waals surface area contributed by atoms with Gasteiger partial charge < -0.3 is 0 Å². The van der Waals surface area contributed by atoms with Crippen molar-refractivity contribution in [2.45, 2.75) is 19.7 Å². The van der Waals surface area contributed by atoms with E-state index in [0.29, 0.717) is 0 Å². The number of hydrogen-bond donors (Lipinski definition) is 1. The van der Waals surface area contributed by atoms with E-state index in [2.05, 4.69) is 6.92 Å². The second-order valence-electron chi connectivity index (χ2n) is 1.56. The SMILES string of the molecule is CCCB=BB=BO. The maximum atomic E-state index is 8.13. The fraction of sp³-hybridized carbons (Fsp3) is 1.00. The summed E-state index contributed by atoms with van der Waals surface area (Å²) < 4.78 is 0. The first kappa shape index (κ1) is 8.06. The van der Waals surface area contributed by atoms with Crippen LogP contribution in [0.3, 0.4) is 0 Å². The number of hydrogen-bond acceptors (Lipinski definition) is 1. The fourth-order valence-electron chi connectivity index (χ4n) is 0.391. The molecule has 0 aromatic carbocycles. The van der Waals surface area contributed by atoms with Crippen molar-refractivity contribution in [3.8, 4) is 0 Å². The van der Waals surface area contributed by atoms with Gasteiger partial charge >= 0.3 is 51.9 Å². The molecular formula is C3H8B4O. The first-order valence-corrected chi connectivity index (χ1v) is 2.87. The third kappa shape index (κ3) is 6.06. The Labute approximate surface area is 52.7 Å². The molecule has 1 nitrogen and oxygen atoms in total. The van der Waals surface area contributed by atoms with Crippen molar-refractivity contribution in [3.05, 3.63) is 0 Å². The minimum atomic E-state index is 1.03. The van der Waals surface area contributed by atoms with E-state index in [-0.39, 0.29) is 0 Å². The minimum absolute atomic E-state index is 1.03. The zero-order valence-corrected chi connectivity index (χ0v) is 5.17. The molecule has 1 N–H and O–H groups in total. The Morgan fingerprint density at radius 3 is 2.62 bits per heavy atom. The van der Waals surface area contributed by atoms with Crippen LogP contribution in [0.4, 0.5) is 0 Å². The van der Waals surface area contributed by atoms with E-state index in [9.17, 15) is 0 Å². The van der Waals surface area contributed by atoms with Gasteiger partial charge in [0.25, 0.3) is 0 Å². The van der Waals surface area contributed by atoms with E-state index in [0.717, 1.165) is 19.7 Å². The van der Waals surface area contributed by atoms with Gasteiger partial charge in [-0.05, 0) is 0 Å². The molecule has 0 saturated heterocycles. The molecule has 0 heterocycles. The van der Waals surface area contributed by atoms with Crippen LogP contribution in [-0.4, -0.2) is 32.2 Å². The van der Waals surface area contributed by atoms with Crippen LogP contribution in [0.25, 0.3) is 0 Å². The van der Waals surface area contributed by atoms with Crippen LogP contribution in [0.5, 0.6) is 0 Å². The van der Waals surface area contributed by atoms with Crippen LogP contribution in [-0.2, 0) is 0 Å². The van der Waals surface area contributed by atoms with E-state index in [1.54, 1.807) is 6.69 Å². The van der Waals surface area contributed by atoms with Crippen LogP contribution in [0.2, 0.25) is 6.32 Å². The first-order chi connectivity index (χ1) is 3.91. The molecule has 0 unspecified atom stereocenters. The van der Waals surface area contributed by atoms with E-state index in [1.165, 1.54) is 0 Å². The zero-order valence-electron chi connectivity index (χ0n) is 5.17. The van der Waals surface area contributed by atoms with Crippen molar-refractivity contribution in [3.63, 3.8) is 0 Å². The van der Waals surface area contributed by atoms with E-state index < -0.39 is 0 Å². The molecule has 0 aromatic heterocycles. The summed E-state index contributed by atoms with van der Waals surface area (Å²) in [6, 6.07) is 0. The third-order valence-electron chi connectivity index (χ3n) is 0.789. The molecule has 0 aliphatic carbocycles. The van der Waals surface area contributed by atoms with Crippen LogP contribution in [0.1, 0.15) is 13.3 Å². The van der Waals surface area contributed by atoms with Crippen molar-refractivity contribution in [1.82, 2.24) is 0 Å². The van der Waals surface area contributed by atoms with Crippen molar-refractivity contribution >= 4 is 27.2 Å². The predicted molar refractivity (Wildman–Crippen MR) is 40.3 cm³/mol. The average molecular weight is 103 g/mol. The summed E-state index contributed by atoms with van der Waals surface area (Å²) in [5.41, 5.74) is 0. The molecule has 5 heteroatoms. The molecule has 0 aliphatic heterocycles. The van der Waals surface area contributed by atoms with Gasteiger partial charge in [0.1, 0.15) is 0 Å². The van der Waals surface area contributed by atoms with Crippen molar-refractivity contribution in [2.75, 3.05) is 0 Å². The Morgan fingerprint density at radius 1 is 1.38 bits per heavy atom. The van der Waals surface area contributed by atoms with E-state index in [1.807, 2.05) is 13.5 Å².